The van der Waals surface area contributed by atoms with Crippen LogP contribution in [-0.2, 0) is 6.54 Å². The van der Waals surface area contributed by atoms with E-state index in [1.807, 2.05) is 18.4 Å². The molecule has 0 aliphatic rings. The van der Waals surface area contributed by atoms with Crippen LogP contribution in [0.4, 0.5) is 0 Å². The first-order chi connectivity index (χ1) is 10.1. The van der Waals surface area contributed by atoms with Crippen molar-refractivity contribution in [1.29, 1.82) is 0 Å². The Kier molecular flexibility index (Phi) is 4.99. The van der Waals surface area contributed by atoms with Gasteiger partial charge in [-0.2, -0.15) is 0 Å². The van der Waals surface area contributed by atoms with Crippen molar-refractivity contribution in [3.05, 3.63) is 51.2 Å². The number of aliphatic hydroxyl groups excluding tert-OH is 1. The molecular formula is C16H15NO3S. The number of nitrogens with one attached hydrogen (secondary N) is 1. The topological polar surface area (TPSA) is 69.6 Å². The largest absolute Gasteiger partial charge is 0.507 e. The molecule has 1 heterocycles. The van der Waals surface area contributed by atoms with Crippen LogP contribution in [0.2, 0.25) is 0 Å². The molecule has 108 valence electrons. The zero-order chi connectivity index (χ0) is 15.2. The Labute approximate surface area is 127 Å². The number of aromatic hydroxyl groups is 1. The van der Waals surface area contributed by atoms with Crippen molar-refractivity contribution in [1.82, 2.24) is 5.32 Å². The minimum absolute atomic E-state index is 0.0202. The molecule has 0 radical (unpaired) electrons. The molecule has 4 nitrogen and oxygen atoms in total. The average Bonchev–Trinajstić information content (AvgIpc) is 2.90. The molecule has 3 N–H and O–H groups in total. The third kappa shape index (κ3) is 4.09. The molecule has 21 heavy (non-hydrogen) atoms. The molecule has 0 atom stereocenters. The fourth-order valence-corrected chi connectivity index (χ4v) is 2.53. The van der Waals surface area contributed by atoms with Crippen molar-refractivity contribution >= 4 is 17.2 Å². The van der Waals surface area contributed by atoms with Gasteiger partial charge in [0.05, 0.1) is 12.1 Å². The van der Waals surface area contributed by atoms with Crippen LogP contribution in [0.15, 0.2) is 29.6 Å². The van der Waals surface area contributed by atoms with E-state index in [2.05, 4.69) is 17.2 Å². The Balaban J connectivity index is 1.99. The molecule has 5 heteroatoms. The van der Waals surface area contributed by atoms with Crippen LogP contribution in [-0.4, -0.2) is 22.7 Å². The molecule has 1 aromatic carbocycles. The van der Waals surface area contributed by atoms with E-state index >= 15 is 0 Å². The number of benzene rings is 1. The number of hydrogen-bond acceptors (Lipinski definition) is 4. The Morgan fingerprint density at radius 3 is 2.90 bits per heavy atom. The highest BCUT2D eigenvalue weighted by Gasteiger charge is 2.11. The monoisotopic (exact) mass is 301 g/mol. The van der Waals surface area contributed by atoms with Gasteiger partial charge in [-0.05, 0) is 30.7 Å². The first-order valence-corrected chi connectivity index (χ1v) is 7.23. The number of phenols is 1. The first-order valence-electron chi connectivity index (χ1n) is 6.35. The third-order valence-corrected chi connectivity index (χ3v) is 3.72. The molecule has 2 rings (SSSR count). The van der Waals surface area contributed by atoms with Crippen LogP contribution in [0, 0.1) is 18.8 Å². The molecule has 1 amide bonds. The number of rotatable bonds is 3. The van der Waals surface area contributed by atoms with Crippen LogP contribution < -0.4 is 5.32 Å². The van der Waals surface area contributed by atoms with Crippen LogP contribution >= 0.6 is 11.3 Å². The summed E-state index contributed by atoms with van der Waals surface area (Å²) in [5.74, 6) is 5.04. The van der Waals surface area contributed by atoms with Gasteiger partial charge < -0.3 is 15.5 Å². The molecule has 1 aromatic heterocycles. The predicted octanol–water partition coefficient (Wildman–Crippen LogP) is 2.04. The van der Waals surface area contributed by atoms with Gasteiger partial charge in [0, 0.05) is 15.8 Å². The fraction of sp³-hybridized carbons (Fsp3) is 0.188. The van der Waals surface area contributed by atoms with Crippen LogP contribution in [0.25, 0.3) is 0 Å². The maximum absolute atomic E-state index is 12.0. The normalized spacial score (nSPS) is 9.81. The highest BCUT2D eigenvalue weighted by molar-refractivity contribution is 7.10. The number of aryl methyl sites for hydroxylation is 1. The lowest BCUT2D eigenvalue weighted by atomic mass is 10.1. The molecule has 0 unspecified atom stereocenters. The summed E-state index contributed by atoms with van der Waals surface area (Å²) in [4.78, 5) is 13.0. The Bertz CT molecular complexity index is 710. The maximum atomic E-state index is 12.0. The predicted molar refractivity (Wildman–Crippen MR) is 82.3 cm³/mol. The summed E-state index contributed by atoms with van der Waals surface area (Å²) in [6, 6.07) is 6.81. The van der Waals surface area contributed by atoms with Crippen molar-refractivity contribution in [3.8, 4) is 17.6 Å². The Morgan fingerprint density at radius 1 is 1.38 bits per heavy atom. The lowest BCUT2D eigenvalue weighted by Gasteiger charge is -2.06. The van der Waals surface area contributed by atoms with E-state index in [0.29, 0.717) is 6.54 Å². The molecular weight excluding hydrogens is 286 g/mol. The number of hydrogen-bond donors (Lipinski definition) is 3. The standard InChI is InChI=1S/C16H15NO3S/c1-11-4-5-14(15(19)7-11)16(20)17-9-13-8-12(10-21-13)3-2-6-18/h4-5,7-8,10,18-19H,6,9H2,1H3,(H,17,20). The van der Waals surface area contributed by atoms with Crippen molar-refractivity contribution in [2.45, 2.75) is 13.5 Å². The van der Waals surface area contributed by atoms with Gasteiger partial charge in [0.1, 0.15) is 12.4 Å². The second-order valence-electron chi connectivity index (χ2n) is 4.46. The molecule has 0 aliphatic heterocycles. The summed E-state index contributed by atoms with van der Waals surface area (Å²) in [6.45, 7) is 2.05. The lowest BCUT2D eigenvalue weighted by Crippen LogP contribution is -2.22. The fourth-order valence-electron chi connectivity index (χ4n) is 1.78. The summed E-state index contributed by atoms with van der Waals surface area (Å²) < 4.78 is 0. The minimum atomic E-state index is -0.316. The first kappa shape index (κ1) is 15.1. The minimum Gasteiger partial charge on any atom is -0.507 e. The molecule has 0 bridgehead atoms. The summed E-state index contributed by atoms with van der Waals surface area (Å²) in [7, 11) is 0. The highest BCUT2D eigenvalue weighted by Crippen LogP contribution is 2.19. The molecule has 0 fully saturated rings. The maximum Gasteiger partial charge on any atom is 0.255 e. The number of carbonyl (C=O) groups is 1. The summed E-state index contributed by atoms with van der Waals surface area (Å²) in [5.41, 5.74) is 1.98. The van der Waals surface area contributed by atoms with E-state index in [1.165, 1.54) is 11.3 Å². The van der Waals surface area contributed by atoms with Crippen molar-refractivity contribution in [2.75, 3.05) is 6.61 Å². The number of aliphatic hydroxyl groups is 1. The molecule has 0 saturated heterocycles. The van der Waals surface area contributed by atoms with Crippen molar-refractivity contribution < 1.29 is 15.0 Å². The van der Waals surface area contributed by atoms with Crippen molar-refractivity contribution in [2.24, 2.45) is 0 Å². The number of carbonyl (C=O) groups excluding carboxylic acids is 1. The SMILES string of the molecule is Cc1ccc(C(=O)NCc2cc(C#CCO)cs2)c(O)c1. The van der Waals surface area contributed by atoms with E-state index in [4.69, 9.17) is 5.11 Å². The van der Waals surface area contributed by atoms with Crippen LogP contribution in [0.1, 0.15) is 26.4 Å². The van der Waals surface area contributed by atoms with Gasteiger partial charge in [0.15, 0.2) is 0 Å². The Hall–Kier alpha value is -2.29. The smallest absolute Gasteiger partial charge is 0.255 e. The van der Waals surface area contributed by atoms with Gasteiger partial charge in [-0.3, -0.25) is 4.79 Å². The van der Waals surface area contributed by atoms with E-state index in [9.17, 15) is 9.90 Å². The average molecular weight is 301 g/mol. The molecule has 2 aromatic rings. The van der Waals surface area contributed by atoms with Crippen molar-refractivity contribution in [3.63, 3.8) is 0 Å². The van der Waals surface area contributed by atoms with Gasteiger partial charge in [-0.25, -0.2) is 0 Å². The second-order valence-corrected chi connectivity index (χ2v) is 5.46. The van der Waals surface area contributed by atoms with Gasteiger partial charge in [0.25, 0.3) is 5.91 Å². The molecule has 0 spiro atoms. The lowest BCUT2D eigenvalue weighted by molar-refractivity contribution is 0.0948. The second kappa shape index (κ2) is 6.93. The summed E-state index contributed by atoms with van der Waals surface area (Å²) in [5, 5.41) is 23.0. The van der Waals surface area contributed by atoms with Gasteiger partial charge >= 0.3 is 0 Å². The highest BCUT2D eigenvalue weighted by atomic mass is 32.1. The number of thiophene rings is 1. The Morgan fingerprint density at radius 2 is 2.19 bits per heavy atom. The zero-order valence-electron chi connectivity index (χ0n) is 11.5. The van der Waals surface area contributed by atoms with E-state index in [0.717, 1.165) is 16.0 Å². The quantitative estimate of drug-likeness (QED) is 0.760. The van der Waals surface area contributed by atoms with Gasteiger partial charge in [-0.15, -0.1) is 11.3 Å². The summed E-state index contributed by atoms with van der Waals surface area (Å²) >= 11 is 1.48. The van der Waals surface area contributed by atoms with Gasteiger partial charge in [-0.1, -0.05) is 17.9 Å². The van der Waals surface area contributed by atoms with E-state index < -0.39 is 0 Å². The third-order valence-electron chi connectivity index (χ3n) is 2.79. The van der Waals surface area contributed by atoms with Crippen LogP contribution in [0.5, 0.6) is 5.75 Å². The van der Waals surface area contributed by atoms with Gasteiger partial charge in [0.2, 0.25) is 0 Å². The molecule has 0 saturated carbocycles. The van der Waals surface area contributed by atoms with E-state index in [1.54, 1.807) is 18.2 Å². The molecule has 0 aliphatic carbocycles. The van der Waals surface area contributed by atoms with E-state index in [-0.39, 0.29) is 23.8 Å². The zero-order valence-corrected chi connectivity index (χ0v) is 12.3. The number of phenolic OH excluding ortho intramolecular Hbond substituents is 1. The van der Waals surface area contributed by atoms with Crippen LogP contribution in [0.3, 0.4) is 0 Å². The summed E-state index contributed by atoms with van der Waals surface area (Å²) in [6.07, 6.45) is 0. The number of amides is 1.